The highest BCUT2D eigenvalue weighted by Crippen LogP contribution is 2.34. The summed E-state index contributed by atoms with van der Waals surface area (Å²) < 4.78 is 52.2. The van der Waals surface area contributed by atoms with Crippen LogP contribution in [0.3, 0.4) is 0 Å². The largest absolute Gasteiger partial charge is 0.493 e. The van der Waals surface area contributed by atoms with Gasteiger partial charge in [0.1, 0.15) is 5.65 Å². The minimum atomic E-state index is -4.47. The lowest BCUT2D eigenvalue weighted by molar-refractivity contribution is -0.137. The number of unbranched alkanes of at least 4 members (excludes halogenated alkanes) is 2. The molecule has 2 aromatic carbocycles. The second-order valence-electron chi connectivity index (χ2n) is 8.45. The van der Waals surface area contributed by atoms with Crippen molar-refractivity contribution in [2.45, 2.75) is 32.4 Å². The fraction of sp³-hybridized carbons (Fsp3) is 0.241. The minimum Gasteiger partial charge on any atom is -0.493 e. The van der Waals surface area contributed by atoms with Gasteiger partial charge in [-0.1, -0.05) is 50.1 Å². The van der Waals surface area contributed by atoms with Crippen LogP contribution in [0.1, 0.15) is 43.0 Å². The number of benzene rings is 2. The molecule has 0 aliphatic carbocycles. The van der Waals surface area contributed by atoms with Crippen molar-refractivity contribution >= 4 is 17.8 Å². The zero-order valence-electron chi connectivity index (χ0n) is 20.6. The van der Waals surface area contributed by atoms with E-state index in [1.807, 2.05) is 12.1 Å². The number of halogens is 3. The number of hydrogen-bond acceptors (Lipinski definition) is 4. The third-order valence-electron chi connectivity index (χ3n) is 5.91. The number of alkyl halides is 3. The Morgan fingerprint density at radius 3 is 2.46 bits per heavy atom. The Bertz CT molecular complexity index is 1460. The van der Waals surface area contributed by atoms with Crippen molar-refractivity contribution in [3.63, 3.8) is 0 Å². The smallest absolute Gasteiger partial charge is 0.416 e. The molecule has 0 bridgehead atoms. The SMILES string of the molecule is CCCCCOc1c(C=Cc2nc3ccccn3c(=O)c2-c2ccc(C(F)(F)F)cc2)cccc1OC. The van der Waals surface area contributed by atoms with Crippen LogP contribution in [0.5, 0.6) is 11.5 Å². The molecular weight excluding hydrogens is 481 g/mol. The van der Waals surface area contributed by atoms with Crippen LogP contribution in [0, 0.1) is 0 Å². The monoisotopic (exact) mass is 508 g/mol. The summed E-state index contributed by atoms with van der Waals surface area (Å²) in [6.45, 7) is 2.64. The quantitative estimate of drug-likeness (QED) is 0.226. The second-order valence-corrected chi connectivity index (χ2v) is 8.45. The molecule has 37 heavy (non-hydrogen) atoms. The molecule has 4 aromatic rings. The average molecular weight is 509 g/mol. The Morgan fingerprint density at radius 1 is 0.973 bits per heavy atom. The van der Waals surface area contributed by atoms with E-state index in [2.05, 4.69) is 11.9 Å². The first-order valence-electron chi connectivity index (χ1n) is 12.0. The van der Waals surface area contributed by atoms with Crippen LogP contribution in [0.25, 0.3) is 28.9 Å². The van der Waals surface area contributed by atoms with E-state index in [0.717, 1.165) is 37.0 Å². The number of aromatic nitrogens is 2. The van der Waals surface area contributed by atoms with Crippen LogP contribution >= 0.6 is 0 Å². The molecule has 0 unspecified atom stereocenters. The number of fused-ring (bicyclic) bond motifs is 1. The van der Waals surface area contributed by atoms with E-state index in [4.69, 9.17) is 9.47 Å². The van der Waals surface area contributed by atoms with E-state index in [9.17, 15) is 18.0 Å². The van der Waals surface area contributed by atoms with Gasteiger partial charge in [-0.25, -0.2) is 4.98 Å². The third kappa shape index (κ3) is 5.85. The zero-order chi connectivity index (χ0) is 26.4. The Balaban J connectivity index is 1.81. The lowest BCUT2D eigenvalue weighted by Gasteiger charge is -2.14. The number of hydrogen-bond donors (Lipinski definition) is 0. The summed E-state index contributed by atoms with van der Waals surface area (Å²) in [5.41, 5.74) is 0.840. The summed E-state index contributed by atoms with van der Waals surface area (Å²) in [6.07, 6.45) is 3.56. The lowest BCUT2D eigenvalue weighted by atomic mass is 10.0. The summed E-state index contributed by atoms with van der Waals surface area (Å²) in [6, 6.07) is 15.2. The van der Waals surface area contributed by atoms with Gasteiger partial charge in [-0.15, -0.1) is 0 Å². The van der Waals surface area contributed by atoms with Crippen LogP contribution in [0.15, 0.2) is 71.7 Å². The van der Waals surface area contributed by atoms with Crippen LogP contribution in [-0.4, -0.2) is 23.1 Å². The topological polar surface area (TPSA) is 52.8 Å². The molecule has 192 valence electrons. The van der Waals surface area contributed by atoms with E-state index in [0.29, 0.717) is 35.0 Å². The van der Waals surface area contributed by atoms with E-state index in [1.165, 1.54) is 16.5 Å². The molecule has 0 radical (unpaired) electrons. The Hall–Kier alpha value is -4.07. The molecule has 0 aliphatic rings. The van der Waals surface area contributed by atoms with Crippen LogP contribution in [0.2, 0.25) is 0 Å². The molecular formula is C29H27F3N2O3. The molecule has 0 saturated heterocycles. The fourth-order valence-corrected chi connectivity index (χ4v) is 4.00. The molecule has 2 aromatic heterocycles. The molecule has 8 heteroatoms. The van der Waals surface area contributed by atoms with E-state index >= 15 is 0 Å². The molecule has 2 heterocycles. The summed E-state index contributed by atoms with van der Waals surface area (Å²) in [5, 5.41) is 0. The zero-order valence-corrected chi connectivity index (χ0v) is 20.6. The van der Waals surface area contributed by atoms with Crippen molar-refractivity contribution in [1.29, 1.82) is 0 Å². The van der Waals surface area contributed by atoms with Gasteiger partial charge in [0, 0.05) is 11.8 Å². The van der Waals surface area contributed by atoms with Gasteiger partial charge >= 0.3 is 6.18 Å². The van der Waals surface area contributed by atoms with Crippen molar-refractivity contribution in [1.82, 2.24) is 9.38 Å². The molecule has 0 atom stereocenters. The Morgan fingerprint density at radius 2 is 1.76 bits per heavy atom. The fourth-order valence-electron chi connectivity index (χ4n) is 4.00. The first kappa shape index (κ1) is 26.0. The highest BCUT2D eigenvalue weighted by Gasteiger charge is 2.30. The number of pyridine rings is 1. The minimum absolute atomic E-state index is 0.196. The molecule has 4 rings (SSSR count). The molecule has 0 fully saturated rings. The van der Waals surface area contributed by atoms with Gasteiger partial charge in [-0.3, -0.25) is 9.20 Å². The first-order valence-corrected chi connectivity index (χ1v) is 12.0. The second kappa shape index (κ2) is 11.3. The average Bonchev–Trinajstić information content (AvgIpc) is 2.90. The molecule has 0 aliphatic heterocycles. The number of rotatable bonds is 9. The Kier molecular flexibility index (Phi) is 7.96. The van der Waals surface area contributed by atoms with Crippen molar-refractivity contribution in [2.24, 2.45) is 0 Å². The maximum absolute atomic E-state index is 13.4. The van der Waals surface area contributed by atoms with Gasteiger partial charge in [0.25, 0.3) is 5.56 Å². The maximum Gasteiger partial charge on any atom is 0.416 e. The molecule has 0 N–H and O–H groups in total. The van der Waals surface area contributed by atoms with E-state index in [1.54, 1.807) is 49.7 Å². The van der Waals surface area contributed by atoms with Crippen molar-refractivity contribution in [3.8, 4) is 22.6 Å². The van der Waals surface area contributed by atoms with E-state index < -0.39 is 11.7 Å². The summed E-state index contributed by atoms with van der Waals surface area (Å²) in [7, 11) is 1.57. The predicted octanol–water partition coefficient (Wildman–Crippen LogP) is 7.13. The lowest BCUT2D eigenvalue weighted by Crippen LogP contribution is -2.18. The first-order chi connectivity index (χ1) is 17.8. The number of methoxy groups -OCH3 is 1. The molecule has 5 nitrogen and oxygen atoms in total. The summed E-state index contributed by atoms with van der Waals surface area (Å²) in [5.74, 6) is 1.15. The van der Waals surface area contributed by atoms with Gasteiger partial charge in [0.2, 0.25) is 0 Å². The van der Waals surface area contributed by atoms with Gasteiger partial charge in [-0.2, -0.15) is 13.2 Å². The third-order valence-corrected chi connectivity index (χ3v) is 5.91. The van der Waals surface area contributed by atoms with Crippen LogP contribution < -0.4 is 15.0 Å². The van der Waals surface area contributed by atoms with Gasteiger partial charge in [0.15, 0.2) is 11.5 Å². The highest BCUT2D eigenvalue weighted by molar-refractivity contribution is 5.81. The van der Waals surface area contributed by atoms with Crippen LogP contribution in [-0.2, 0) is 6.18 Å². The molecule has 0 spiro atoms. The molecule has 0 saturated carbocycles. The highest BCUT2D eigenvalue weighted by atomic mass is 19.4. The van der Waals surface area contributed by atoms with Crippen molar-refractivity contribution in [2.75, 3.05) is 13.7 Å². The van der Waals surface area contributed by atoms with Crippen molar-refractivity contribution in [3.05, 3.63) is 94.0 Å². The van der Waals surface area contributed by atoms with Gasteiger partial charge in [0.05, 0.1) is 30.5 Å². The summed E-state index contributed by atoms with van der Waals surface area (Å²) in [4.78, 5) is 18.1. The van der Waals surface area contributed by atoms with Gasteiger partial charge < -0.3 is 9.47 Å². The van der Waals surface area contributed by atoms with Gasteiger partial charge in [-0.05, 0) is 54.5 Å². The number of ether oxygens (including phenoxy) is 2. The normalized spacial score (nSPS) is 11.8. The van der Waals surface area contributed by atoms with Crippen LogP contribution in [0.4, 0.5) is 13.2 Å². The molecule has 0 amide bonds. The van der Waals surface area contributed by atoms with Crippen molar-refractivity contribution < 1.29 is 22.6 Å². The number of nitrogens with zero attached hydrogens (tertiary/aromatic N) is 2. The maximum atomic E-state index is 13.4. The predicted molar refractivity (Wildman–Crippen MR) is 139 cm³/mol. The number of para-hydroxylation sites is 1. The van der Waals surface area contributed by atoms with E-state index in [-0.39, 0.29) is 11.1 Å². The standard InChI is InChI=1S/C29H27F3N2O3/c1-3-4-7-19-37-27-21(9-8-10-24(27)36-2)14-17-23-26(20-12-15-22(16-13-20)29(30,31)32)28(35)34-18-6-5-11-25(34)33-23/h5-6,8-18H,3-4,7,19H2,1-2H3. The summed E-state index contributed by atoms with van der Waals surface area (Å²) >= 11 is 0. The Labute approximate surface area is 212 Å².